The van der Waals surface area contributed by atoms with Crippen molar-refractivity contribution in [2.24, 2.45) is 0 Å². The summed E-state index contributed by atoms with van der Waals surface area (Å²) in [7, 11) is -3.45. The second-order valence-electron chi connectivity index (χ2n) is 6.02. The van der Waals surface area contributed by atoms with E-state index in [1.54, 1.807) is 39.9 Å². The number of rotatable bonds is 6. The number of hydrogen-bond acceptors (Lipinski definition) is 5. The molecule has 0 atom stereocenters. The van der Waals surface area contributed by atoms with Crippen LogP contribution in [0.1, 0.15) is 18.2 Å². The number of ether oxygens (including phenoxy) is 1. The molecular weight excluding hydrogens is 356 g/mol. The molecule has 3 rings (SSSR count). The molecule has 1 aliphatic rings. The highest BCUT2D eigenvalue weighted by atomic mass is 32.2. The van der Waals surface area contributed by atoms with Crippen LogP contribution in [-0.2, 0) is 16.6 Å². The SMILES string of the molecule is CCOc1ccc(S(=O)(=O)N2CCCN(Cc3cccs3)CC2)cc1. The van der Waals surface area contributed by atoms with Gasteiger partial charge in [-0.25, -0.2) is 8.42 Å². The van der Waals surface area contributed by atoms with Crippen LogP contribution < -0.4 is 4.74 Å². The fraction of sp³-hybridized carbons (Fsp3) is 0.444. The summed E-state index contributed by atoms with van der Waals surface area (Å²) in [5, 5.41) is 2.08. The smallest absolute Gasteiger partial charge is 0.243 e. The summed E-state index contributed by atoms with van der Waals surface area (Å²) < 4.78 is 32.8. The lowest BCUT2D eigenvalue weighted by Gasteiger charge is -2.21. The van der Waals surface area contributed by atoms with Gasteiger partial charge in [0.15, 0.2) is 0 Å². The van der Waals surface area contributed by atoms with E-state index in [1.807, 2.05) is 6.92 Å². The van der Waals surface area contributed by atoms with Crippen molar-refractivity contribution in [1.29, 1.82) is 0 Å². The van der Waals surface area contributed by atoms with Crippen molar-refractivity contribution in [1.82, 2.24) is 9.21 Å². The first-order valence-electron chi connectivity index (χ1n) is 8.57. The molecule has 1 aromatic carbocycles. The van der Waals surface area contributed by atoms with E-state index in [2.05, 4.69) is 22.4 Å². The van der Waals surface area contributed by atoms with Gasteiger partial charge in [0.1, 0.15) is 5.75 Å². The lowest BCUT2D eigenvalue weighted by Crippen LogP contribution is -2.35. The van der Waals surface area contributed by atoms with Crippen LogP contribution in [0, 0.1) is 0 Å². The maximum absolute atomic E-state index is 12.9. The lowest BCUT2D eigenvalue weighted by molar-refractivity contribution is 0.281. The van der Waals surface area contributed by atoms with Crippen LogP contribution in [0.25, 0.3) is 0 Å². The van der Waals surface area contributed by atoms with E-state index in [1.165, 1.54) is 4.88 Å². The van der Waals surface area contributed by atoms with Crippen LogP contribution in [0.15, 0.2) is 46.7 Å². The molecule has 0 radical (unpaired) electrons. The number of thiophene rings is 1. The Morgan fingerprint density at radius 2 is 1.88 bits per heavy atom. The Hall–Kier alpha value is -1.41. The molecule has 1 saturated heterocycles. The van der Waals surface area contributed by atoms with E-state index in [0.717, 1.165) is 26.1 Å². The Labute approximate surface area is 153 Å². The molecule has 0 spiro atoms. The molecule has 1 fully saturated rings. The van der Waals surface area contributed by atoms with Gasteiger partial charge in [-0.1, -0.05) is 6.07 Å². The molecular formula is C18H24N2O3S2. The van der Waals surface area contributed by atoms with Gasteiger partial charge in [-0.15, -0.1) is 11.3 Å². The molecule has 0 unspecified atom stereocenters. The standard InChI is InChI=1S/C18H24N2O3S2/c1-2-23-16-6-8-18(9-7-16)25(21,22)20-11-4-10-19(12-13-20)15-17-5-3-14-24-17/h3,5-9,14H,2,4,10-13,15H2,1H3. The van der Waals surface area contributed by atoms with Crippen LogP contribution in [0.5, 0.6) is 5.75 Å². The van der Waals surface area contributed by atoms with Gasteiger partial charge in [0.05, 0.1) is 11.5 Å². The molecule has 2 aromatic rings. The predicted molar refractivity (Wildman–Crippen MR) is 101 cm³/mol. The highest BCUT2D eigenvalue weighted by Gasteiger charge is 2.27. The normalized spacial score (nSPS) is 17.3. The molecule has 1 aromatic heterocycles. The fourth-order valence-electron chi connectivity index (χ4n) is 2.99. The third kappa shape index (κ3) is 4.61. The van der Waals surface area contributed by atoms with Crippen molar-refractivity contribution in [3.05, 3.63) is 46.7 Å². The second-order valence-corrected chi connectivity index (χ2v) is 8.99. The molecule has 136 valence electrons. The average molecular weight is 381 g/mol. The van der Waals surface area contributed by atoms with E-state index in [0.29, 0.717) is 30.3 Å². The molecule has 0 saturated carbocycles. The minimum Gasteiger partial charge on any atom is -0.494 e. The summed E-state index contributed by atoms with van der Waals surface area (Å²) in [4.78, 5) is 3.99. The van der Waals surface area contributed by atoms with Crippen molar-refractivity contribution in [3.63, 3.8) is 0 Å². The van der Waals surface area contributed by atoms with Crippen LogP contribution in [0.2, 0.25) is 0 Å². The van der Waals surface area contributed by atoms with E-state index < -0.39 is 10.0 Å². The van der Waals surface area contributed by atoms with Crippen molar-refractivity contribution in [2.75, 3.05) is 32.8 Å². The highest BCUT2D eigenvalue weighted by Crippen LogP contribution is 2.21. The molecule has 0 bridgehead atoms. The Kier molecular flexibility index (Phi) is 6.11. The molecule has 5 nitrogen and oxygen atoms in total. The van der Waals surface area contributed by atoms with Gasteiger partial charge in [-0.3, -0.25) is 4.90 Å². The van der Waals surface area contributed by atoms with Crippen LogP contribution >= 0.6 is 11.3 Å². The van der Waals surface area contributed by atoms with Crippen molar-refractivity contribution in [3.8, 4) is 5.75 Å². The van der Waals surface area contributed by atoms with E-state index in [4.69, 9.17) is 4.74 Å². The first kappa shape index (κ1) is 18.4. The molecule has 1 aliphatic heterocycles. The van der Waals surface area contributed by atoms with Crippen LogP contribution in [-0.4, -0.2) is 50.4 Å². The number of benzene rings is 1. The maximum atomic E-state index is 12.9. The minimum atomic E-state index is -3.45. The van der Waals surface area contributed by atoms with Gasteiger partial charge in [0.2, 0.25) is 10.0 Å². The quantitative estimate of drug-likeness (QED) is 0.773. The predicted octanol–water partition coefficient (Wildman–Crippen LogP) is 3.04. The zero-order chi connectivity index (χ0) is 17.7. The number of hydrogen-bond donors (Lipinski definition) is 0. The van der Waals surface area contributed by atoms with Gasteiger partial charge < -0.3 is 4.74 Å². The van der Waals surface area contributed by atoms with Crippen molar-refractivity contribution < 1.29 is 13.2 Å². The Morgan fingerprint density at radius 3 is 2.56 bits per heavy atom. The van der Waals surface area contributed by atoms with E-state index in [-0.39, 0.29) is 0 Å². The summed E-state index contributed by atoms with van der Waals surface area (Å²) in [6.45, 7) is 6.15. The number of nitrogens with zero attached hydrogens (tertiary/aromatic N) is 2. The van der Waals surface area contributed by atoms with Crippen molar-refractivity contribution in [2.45, 2.75) is 24.8 Å². The third-order valence-electron chi connectivity index (χ3n) is 4.28. The molecule has 7 heteroatoms. The first-order valence-corrected chi connectivity index (χ1v) is 10.9. The highest BCUT2D eigenvalue weighted by molar-refractivity contribution is 7.89. The topological polar surface area (TPSA) is 49.9 Å². The van der Waals surface area contributed by atoms with Crippen molar-refractivity contribution >= 4 is 21.4 Å². The molecule has 2 heterocycles. The molecule has 0 amide bonds. The summed E-state index contributed by atoms with van der Waals surface area (Å²) in [5.74, 6) is 0.694. The average Bonchev–Trinajstić information content (AvgIpc) is 2.99. The van der Waals surface area contributed by atoms with Gasteiger partial charge in [-0.05, 0) is 55.6 Å². The monoisotopic (exact) mass is 380 g/mol. The van der Waals surface area contributed by atoms with Gasteiger partial charge >= 0.3 is 0 Å². The maximum Gasteiger partial charge on any atom is 0.243 e. The third-order valence-corrected chi connectivity index (χ3v) is 7.05. The van der Waals surface area contributed by atoms with Gasteiger partial charge in [0.25, 0.3) is 0 Å². The summed E-state index contributed by atoms with van der Waals surface area (Å²) >= 11 is 1.75. The first-order chi connectivity index (χ1) is 12.1. The molecule has 0 aliphatic carbocycles. The second kappa shape index (κ2) is 8.31. The summed E-state index contributed by atoms with van der Waals surface area (Å²) in [6, 6.07) is 10.9. The lowest BCUT2D eigenvalue weighted by atomic mass is 10.3. The van der Waals surface area contributed by atoms with E-state index >= 15 is 0 Å². The molecule has 25 heavy (non-hydrogen) atoms. The minimum absolute atomic E-state index is 0.336. The zero-order valence-electron chi connectivity index (χ0n) is 14.4. The van der Waals surface area contributed by atoms with Gasteiger partial charge in [0, 0.05) is 31.1 Å². The number of sulfonamides is 1. The summed E-state index contributed by atoms with van der Waals surface area (Å²) in [6.07, 6.45) is 0.849. The van der Waals surface area contributed by atoms with Gasteiger partial charge in [-0.2, -0.15) is 4.31 Å². The summed E-state index contributed by atoms with van der Waals surface area (Å²) in [5.41, 5.74) is 0. The fourth-order valence-corrected chi connectivity index (χ4v) is 5.21. The van der Waals surface area contributed by atoms with E-state index in [9.17, 15) is 8.42 Å². The Balaban J connectivity index is 1.66. The Bertz CT molecular complexity index is 758. The van der Waals surface area contributed by atoms with Crippen LogP contribution in [0.4, 0.5) is 0 Å². The molecule has 0 N–H and O–H groups in total. The zero-order valence-corrected chi connectivity index (χ0v) is 16.1. The largest absolute Gasteiger partial charge is 0.494 e. The van der Waals surface area contributed by atoms with Crippen LogP contribution in [0.3, 0.4) is 0 Å². The Morgan fingerprint density at radius 1 is 1.08 bits per heavy atom.